The molecule has 2 rings (SSSR count). The van der Waals surface area contributed by atoms with Crippen LogP contribution in [0.5, 0.6) is 5.75 Å². The zero-order chi connectivity index (χ0) is 13.7. The number of benzene rings is 1. The van der Waals surface area contributed by atoms with Crippen LogP contribution in [-0.2, 0) is 4.74 Å². The van der Waals surface area contributed by atoms with E-state index in [0.29, 0.717) is 18.0 Å². The highest BCUT2D eigenvalue weighted by Crippen LogP contribution is 2.41. The van der Waals surface area contributed by atoms with Gasteiger partial charge in [-0.15, -0.1) is 0 Å². The Kier molecular flexibility index (Phi) is 5.23. The standard InChI is InChI=1S/C16H25NO2/c1-4-13(11-18-2)17-14-9-12(10-14)15-7-5-6-8-16(15)19-3/h5-8,12-14,17H,4,9-11H2,1-3H3. The van der Waals surface area contributed by atoms with E-state index in [0.717, 1.165) is 18.8 Å². The first-order valence-electron chi connectivity index (χ1n) is 7.16. The maximum absolute atomic E-state index is 5.44. The van der Waals surface area contributed by atoms with E-state index in [4.69, 9.17) is 9.47 Å². The van der Waals surface area contributed by atoms with Gasteiger partial charge < -0.3 is 14.8 Å². The van der Waals surface area contributed by atoms with Crippen molar-refractivity contribution < 1.29 is 9.47 Å². The highest BCUT2D eigenvalue weighted by molar-refractivity contribution is 5.37. The SMILES string of the molecule is CCC(COC)NC1CC(c2ccccc2OC)C1. The lowest BCUT2D eigenvalue weighted by atomic mass is 9.75. The number of para-hydroxylation sites is 1. The number of methoxy groups -OCH3 is 2. The molecule has 0 aliphatic heterocycles. The predicted molar refractivity (Wildman–Crippen MR) is 77.8 cm³/mol. The summed E-state index contributed by atoms with van der Waals surface area (Å²) in [5, 5.41) is 3.68. The fourth-order valence-electron chi connectivity index (χ4n) is 2.83. The van der Waals surface area contributed by atoms with Crippen LogP contribution in [0.1, 0.15) is 37.7 Å². The van der Waals surface area contributed by atoms with Crippen molar-refractivity contribution in [2.45, 2.75) is 44.2 Å². The van der Waals surface area contributed by atoms with Gasteiger partial charge in [-0.05, 0) is 36.8 Å². The first-order chi connectivity index (χ1) is 9.28. The summed E-state index contributed by atoms with van der Waals surface area (Å²) in [6, 6.07) is 9.46. The Labute approximate surface area is 116 Å². The smallest absolute Gasteiger partial charge is 0.122 e. The molecule has 106 valence electrons. The molecule has 1 aliphatic carbocycles. The van der Waals surface area contributed by atoms with Gasteiger partial charge in [0.1, 0.15) is 5.75 Å². The second kappa shape index (κ2) is 6.92. The molecular weight excluding hydrogens is 238 g/mol. The molecule has 0 bridgehead atoms. The van der Waals surface area contributed by atoms with Crippen LogP contribution in [0.25, 0.3) is 0 Å². The van der Waals surface area contributed by atoms with Gasteiger partial charge in [0.25, 0.3) is 0 Å². The van der Waals surface area contributed by atoms with Gasteiger partial charge in [0.2, 0.25) is 0 Å². The fraction of sp³-hybridized carbons (Fsp3) is 0.625. The second-order valence-corrected chi connectivity index (χ2v) is 5.33. The molecule has 1 aliphatic rings. The third-order valence-electron chi connectivity index (χ3n) is 4.05. The van der Waals surface area contributed by atoms with Crippen molar-refractivity contribution in [3.8, 4) is 5.75 Å². The highest BCUT2D eigenvalue weighted by atomic mass is 16.5. The Morgan fingerprint density at radius 1 is 1.26 bits per heavy atom. The number of ether oxygens (including phenoxy) is 2. The Balaban J connectivity index is 1.85. The molecule has 0 saturated heterocycles. The molecule has 1 fully saturated rings. The summed E-state index contributed by atoms with van der Waals surface area (Å²) in [4.78, 5) is 0. The van der Waals surface area contributed by atoms with E-state index in [1.165, 1.54) is 18.4 Å². The van der Waals surface area contributed by atoms with Crippen LogP contribution in [0.2, 0.25) is 0 Å². The third-order valence-corrected chi connectivity index (χ3v) is 4.05. The molecule has 1 saturated carbocycles. The summed E-state index contributed by atoms with van der Waals surface area (Å²) >= 11 is 0. The number of rotatable bonds is 7. The van der Waals surface area contributed by atoms with Crippen molar-refractivity contribution >= 4 is 0 Å². The van der Waals surface area contributed by atoms with Crippen LogP contribution in [0.3, 0.4) is 0 Å². The van der Waals surface area contributed by atoms with Crippen LogP contribution in [0.15, 0.2) is 24.3 Å². The summed E-state index contributed by atoms with van der Waals surface area (Å²) in [6.07, 6.45) is 3.50. The van der Waals surface area contributed by atoms with Crippen molar-refractivity contribution in [3.05, 3.63) is 29.8 Å². The number of hydrogen-bond acceptors (Lipinski definition) is 3. The molecule has 0 aromatic heterocycles. The van der Waals surface area contributed by atoms with Crippen LogP contribution in [-0.4, -0.2) is 32.9 Å². The summed E-state index contributed by atoms with van der Waals surface area (Å²) in [7, 11) is 3.52. The number of hydrogen-bond donors (Lipinski definition) is 1. The van der Waals surface area contributed by atoms with E-state index >= 15 is 0 Å². The molecule has 0 radical (unpaired) electrons. The lowest BCUT2D eigenvalue weighted by Crippen LogP contribution is -2.47. The molecule has 0 amide bonds. The zero-order valence-corrected chi connectivity index (χ0v) is 12.2. The van der Waals surface area contributed by atoms with Gasteiger partial charge in [0.15, 0.2) is 0 Å². The van der Waals surface area contributed by atoms with Gasteiger partial charge in [0, 0.05) is 19.2 Å². The van der Waals surface area contributed by atoms with Crippen molar-refractivity contribution in [2.24, 2.45) is 0 Å². The lowest BCUT2D eigenvalue weighted by Gasteiger charge is -2.39. The van der Waals surface area contributed by atoms with Gasteiger partial charge in [0.05, 0.1) is 13.7 Å². The molecule has 1 atom stereocenters. The van der Waals surface area contributed by atoms with Crippen molar-refractivity contribution in [1.82, 2.24) is 5.32 Å². The molecule has 1 aromatic carbocycles. The minimum atomic E-state index is 0.480. The van der Waals surface area contributed by atoms with Crippen LogP contribution < -0.4 is 10.1 Å². The van der Waals surface area contributed by atoms with Crippen LogP contribution in [0.4, 0.5) is 0 Å². The summed E-state index contributed by atoms with van der Waals surface area (Å²) in [5.74, 6) is 1.66. The van der Waals surface area contributed by atoms with Crippen LogP contribution in [0, 0.1) is 0 Å². The molecular formula is C16H25NO2. The summed E-state index contributed by atoms with van der Waals surface area (Å²) in [6.45, 7) is 3.00. The second-order valence-electron chi connectivity index (χ2n) is 5.33. The minimum absolute atomic E-state index is 0.480. The zero-order valence-electron chi connectivity index (χ0n) is 12.2. The lowest BCUT2D eigenvalue weighted by molar-refractivity contribution is 0.143. The maximum Gasteiger partial charge on any atom is 0.122 e. The highest BCUT2D eigenvalue weighted by Gasteiger charge is 2.32. The van der Waals surface area contributed by atoms with E-state index in [2.05, 4.69) is 30.4 Å². The molecule has 1 aromatic rings. The largest absolute Gasteiger partial charge is 0.496 e. The normalized spacial score (nSPS) is 23.7. The van der Waals surface area contributed by atoms with Gasteiger partial charge >= 0.3 is 0 Å². The molecule has 3 nitrogen and oxygen atoms in total. The van der Waals surface area contributed by atoms with Gasteiger partial charge in [-0.1, -0.05) is 25.1 Å². The topological polar surface area (TPSA) is 30.5 Å². The van der Waals surface area contributed by atoms with Gasteiger partial charge in [-0.3, -0.25) is 0 Å². The Morgan fingerprint density at radius 3 is 2.63 bits per heavy atom. The monoisotopic (exact) mass is 263 g/mol. The van der Waals surface area contributed by atoms with Crippen molar-refractivity contribution in [3.63, 3.8) is 0 Å². The van der Waals surface area contributed by atoms with Gasteiger partial charge in [-0.2, -0.15) is 0 Å². The third kappa shape index (κ3) is 3.48. The molecule has 1 unspecified atom stereocenters. The average Bonchev–Trinajstić information content (AvgIpc) is 2.41. The van der Waals surface area contributed by atoms with E-state index in [-0.39, 0.29) is 0 Å². The molecule has 19 heavy (non-hydrogen) atoms. The fourth-order valence-corrected chi connectivity index (χ4v) is 2.83. The quantitative estimate of drug-likeness (QED) is 0.820. The first kappa shape index (κ1) is 14.4. The Bertz CT molecular complexity index is 388. The molecule has 0 spiro atoms. The average molecular weight is 263 g/mol. The maximum atomic E-state index is 5.44. The van der Waals surface area contributed by atoms with E-state index < -0.39 is 0 Å². The molecule has 3 heteroatoms. The number of nitrogens with one attached hydrogen (secondary N) is 1. The van der Waals surface area contributed by atoms with Gasteiger partial charge in [-0.25, -0.2) is 0 Å². The summed E-state index contributed by atoms with van der Waals surface area (Å²) in [5.41, 5.74) is 1.35. The first-order valence-corrected chi connectivity index (χ1v) is 7.16. The molecule has 0 heterocycles. The van der Waals surface area contributed by atoms with Crippen LogP contribution >= 0.6 is 0 Å². The Morgan fingerprint density at radius 2 is 2.00 bits per heavy atom. The minimum Gasteiger partial charge on any atom is -0.496 e. The van der Waals surface area contributed by atoms with Crippen molar-refractivity contribution in [2.75, 3.05) is 20.8 Å². The van der Waals surface area contributed by atoms with E-state index in [1.807, 2.05) is 6.07 Å². The summed E-state index contributed by atoms with van der Waals surface area (Å²) < 4.78 is 10.7. The molecule has 1 N–H and O–H groups in total. The van der Waals surface area contributed by atoms with E-state index in [9.17, 15) is 0 Å². The van der Waals surface area contributed by atoms with E-state index in [1.54, 1.807) is 14.2 Å². The predicted octanol–water partition coefficient (Wildman–Crippen LogP) is 2.96. The van der Waals surface area contributed by atoms with Crippen molar-refractivity contribution in [1.29, 1.82) is 0 Å². The Hall–Kier alpha value is -1.06.